The minimum atomic E-state index is 0.0598. The van der Waals surface area contributed by atoms with E-state index in [1.54, 1.807) is 17.0 Å². The monoisotopic (exact) mass is 236 g/mol. The molecular weight excluding hydrogens is 216 g/mol. The molecule has 94 valence electrons. The first kappa shape index (κ1) is 12.1. The molecule has 2 rings (SSSR count). The lowest BCUT2D eigenvalue weighted by Gasteiger charge is -2.22. The molecule has 0 radical (unpaired) electrons. The van der Waals surface area contributed by atoms with E-state index in [4.69, 9.17) is 5.73 Å². The fraction of sp³-hybridized carbons (Fsp3) is 0.667. The number of nitrogens with one attached hydrogen (secondary N) is 1. The van der Waals surface area contributed by atoms with Gasteiger partial charge in [-0.15, -0.1) is 0 Å². The number of nitrogens with zero attached hydrogens (tertiary/aromatic N) is 2. The summed E-state index contributed by atoms with van der Waals surface area (Å²) < 4.78 is 1.80. The van der Waals surface area contributed by atoms with E-state index in [1.165, 1.54) is 19.3 Å². The highest BCUT2D eigenvalue weighted by atomic mass is 16.2. The minimum absolute atomic E-state index is 0.0598. The summed E-state index contributed by atoms with van der Waals surface area (Å²) >= 11 is 0. The van der Waals surface area contributed by atoms with E-state index in [-0.39, 0.29) is 5.91 Å². The molecule has 1 aliphatic rings. The van der Waals surface area contributed by atoms with Crippen LogP contribution in [0.25, 0.3) is 0 Å². The van der Waals surface area contributed by atoms with Gasteiger partial charge in [-0.2, -0.15) is 0 Å². The van der Waals surface area contributed by atoms with Crippen molar-refractivity contribution in [1.29, 1.82) is 0 Å². The third-order valence-corrected chi connectivity index (χ3v) is 3.27. The average molecular weight is 236 g/mol. The number of rotatable bonds is 4. The van der Waals surface area contributed by atoms with Crippen molar-refractivity contribution in [2.45, 2.75) is 51.2 Å². The van der Waals surface area contributed by atoms with E-state index >= 15 is 0 Å². The Kier molecular flexibility index (Phi) is 4.14. The van der Waals surface area contributed by atoms with Crippen LogP contribution in [0.4, 0.5) is 0 Å². The Morgan fingerprint density at radius 1 is 1.47 bits per heavy atom. The smallest absolute Gasteiger partial charge is 0.240 e. The summed E-state index contributed by atoms with van der Waals surface area (Å²) in [5, 5.41) is 3.08. The molecule has 1 heterocycles. The Morgan fingerprint density at radius 2 is 2.24 bits per heavy atom. The molecule has 1 aliphatic carbocycles. The van der Waals surface area contributed by atoms with Crippen LogP contribution in [0.1, 0.15) is 37.9 Å². The highest BCUT2D eigenvalue weighted by molar-refractivity contribution is 5.76. The van der Waals surface area contributed by atoms with E-state index in [9.17, 15) is 4.79 Å². The molecule has 3 N–H and O–H groups in total. The summed E-state index contributed by atoms with van der Waals surface area (Å²) in [6.45, 7) is 0.687. The van der Waals surface area contributed by atoms with Crippen LogP contribution in [-0.4, -0.2) is 21.5 Å². The van der Waals surface area contributed by atoms with Crippen molar-refractivity contribution in [3.05, 3.63) is 18.2 Å². The summed E-state index contributed by atoms with van der Waals surface area (Å²) in [5.74, 6) is 0.813. The summed E-state index contributed by atoms with van der Waals surface area (Å²) in [6, 6.07) is 0.362. The first-order chi connectivity index (χ1) is 8.29. The van der Waals surface area contributed by atoms with Crippen molar-refractivity contribution in [3.63, 3.8) is 0 Å². The Hall–Kier alpha value is -1.36. The number of hydrogen-bond acceptors (Lipinski definition) is 3. The third-order valence-electron chi connectivity index (χ3n) is 3.27. The van der Waals surface area contributed by atoms with Crippen LogP contribution in [-0.2, 0) is 17.9 Å². The number of amides is 1. The number of carbonyl (C=O) groups is 1. The standard InChI is InChI=1S/C12H20N4O/c13-8-11-14-6-7-16(11)9-12(17)15-10-4-2-1-3-5-10/h6-7,10H,1-5,8-9,13H2,(H,15,17). The predicted octanol–water partition coefficient (Wildman–Crippen LogP) is 0.791. The van der Waals surface area contributed by atoms with Gasteiger partial charge in [0, 0.05) is 18.4 Å². The second-order valence-electron chi connectivity index (χ2n) is 4.58. The lowest BCUT2D eigenvalue weighted by atomic mass is 9.95. The molecule has 0 spiro atoms. The van der Waals surface area contributed by atoms with Crippen LogP contribution in [0.2, 0.25) is 0 Å². The number of hydrogen-bond donors (Lipinski definition) is 2. The van der Waals surface area contributed by atoms with Gasteiger partial charge in [0.1, 0.15) is 12.4 Å². The second kappa shape index (κ2) is 5.82. The van der Waals surface area contributed by atoms with Gasteiger partial charge in [-0.25, -0.2) is 4.98 Å². The van der Waals surface area contributed by atoms with Gasteiger partial charge >= 0.3 is 0 Å². The van der Waals surface area contributed by atoms with Gasteiger partial charge in [0.15, 0.2) is 0 Å². The normalized spacial score (nSPS) is 17.0. The van der Waals surface area contributed by atoms with E-state index in [0.29, 0.717) is 19.1 Å². The zero-order chi connectivity index (χ0) is 12.1. The van der Waals surface area contributed by atoms with Crippen molar-refractivity contribution in [2.24, 2.45) is 5.73 Å². The van der Waals surface area contributed by atoms with Crippen LogP contribution in [0.3, 0.4) is 0 Å². The summed E-state index contributed by atoms with van der Waals surface area (Å²) in [5.41, 5.74) is 5.54. The van der Waals surface area contributed by atoms with Gasteiger partial charge in [-0.3, -0.25) is 4.79 Å². The maximum Gasteiger partial charge on any atom is 0.240 e. The predicted molar refractivity (Wildman–Crippen MR) is 65.1 cm³/mol. The fourth-order valence-corrected chi connectivity index (χ4v) is 2.35. The molecule has 1 aromatic heterocycles. The van der Waals surface area contributed by atoms with Crippen molar-refractivity contribution >= 4 is 5.91 Å². The largest absolute Gasteiger partial charge is 0.352 e. The number of carbonyl (C=O) groups excluding carboxylic acids is 1. The van der Waals surface area contributed by atoms with Crippen LogP contribution in [0.5, 0.6) is 0 Å². The van der Waals surface area contributed by atoms with E-state index in [2.05, 4.69) is 10.3 Å². The second-order valence-corrected chi connectivity index (χ2v) is 4.58. The van der Waals surface area contributed by atoms with Crippen LogP contribution >= 0.6 is 0 Å². The molecule has 1 fully saturated rings. The fourth-order valence-electron chi connectivity index (χ4n) is 2.35. The topological polar surface area (TPSA) is 72.9 Å². The summed E-state index contributed by atoms with van der Waals surface area (Å²) in [4.78, 5) is 15.9. The lowest BCUT2D eigenvalue weighted by molar-refractivity contribution is -0.122. The molecule has 1 amide bonds. The molecule has 0 aliphatic heterocycles. The van der Waals surface area contributed by atoms with E-state index < -0.39 is 0 Å². The first-order valence-electron chi connectivity index (χ1n) is 6.29. The minimum Gasteiger partial charge on any atom is -0.352 e. The van der Waals surface area contributed by atoms with Crippen LogP contribution < -0.4 is 11.1 Å². The highest BCUT2D eigenvalue weighted by Crippen LogP contribution is 2.17. The molecule has 0 aromatic carbocycles. The molecule has 0 saturated heterocycles. The van der Waals surface area contributed by atoms with E-state index in [1.807, 2.05) is 0 Å². The molecule has 1 saturated carbocycles. The van der Waals surface area contributed by atoms with Gasteiger partial charge in [0.25, 0.3) is 0 Å². The zero-order valence-electron chi connectivity index (χ0n) is 10.1. The van der Waals surface area contributed by atoms with Gasteiger partial charge in [0.2, 0.25) is 5.91 Å². The van der Waals surface area contributed by atoms with E-state index in [0.717, 1.165) is 18.7 Å². The number of aromatic nitrogens is 2. The van der Waals surface area contributed by atoms with Crippen LogP contribution in [0.15, 0.2) is 12.4 Å². The van der Waals surface area contributed by atoms with Crippen LogP contribution in [0, 0.1) is 0 Å². The summed E-state index contributed by atoms with van der Waals surface area (Å²) in [6.07, 6.45) is 9.44. The number of nitrogens with two attached hydrogens (primary N) is 1. The van der Waals surface area contributed by atoms with Gasteiger partial charge in [-0.1, -0.05) is 19.3 Å². The lowest BCUT2D eigenvalue weighted by Crippen LogP contribution is -2.38. The Balaban J connectivity index is 1.84. The zero-order valence-corrected chi connectivity index (χ0v) is 10.1. The maximum atomic E-state index is 11.8. The molecule has 0 unspecified atom stereocenters. The van der Waals surface area contributed by atoms with Crippen molar-refractivity contribution in [2.75, 3.05) is 0 Å². The third kappa shape index (κ3) is 3.30. The molecule has 0 atom stereocenters. The molecule has 0 bridgehead atoms. The molecule has 1 aromatic rings. The number of imidazole rings is 1. The quantitative estimate of drug-likeness (QED) is 0.811. The molecular formula is C12H20N4O. The molecule has 17 heavy (non-hydrogen) atoms. The molecule has 5 heteroatoms. The summed E-state index contributed by atoms with van der Waals surface area (Å²) in [7, 11) is 0. The maximum absolute atomic E-state index is 11.8. The first-order valence-corrected chi connectivity index (χ1v) is 6.29. The molecule has 5 nitrogen and oxygen atoms in total. The van der Waals surface area contributed by atoms with Crippen molar-refractivity contribution in [3.8, 4) is 0 Å². The van der Waals surface area contributed by atoms with Gasteiger partial charge in [0.05, 0.1) is 6.54 Å². The van der Waals surface area contributed by atoms with Crippen molar-refractivity contribution in [1.82, 2.24) is 14.9 Å². The SMILES string of the molecule is NCc1nccn1CC(=O)NC1CCCCC1. The van der Waals surface area contributed by atoms with Gasteiger partial charge in [-0.05, 0) is 12.8 Å². The van der Waals surface area contributed by atoms with Crippen molar-refractivity contribution < 1.29 is 4.79 Å². The Bertz CT molecular complexity index is 368. The van der Waals surface area contributed by atoms with Gasteiger partial charge < -0.3 is 15.6 Å². The highest BCUT2D eigenvalue weighted by Gasteiger charge is 2.16. The Labute approximate surface area is 101 Å². The average Bonchev–Trinajstić information content (AvgIpc) is 2.77. The Morgan fingerprint density at radius 3 is 2.94 bits per heavy atom.